The summed E-state index contributed by atoms with van der Waals surface area (Å²) in [6, 6.07) is 10.5. The van der Waals surface area contributed by atoms with Gasteiger partial charge < -0.3 is 24.3 Å². The van der Waals surface area contributed by atoms with E-state index in [2.05, 4.69) is 5.32 Å². The smallest absolute Gasteiger partial charge is 0.271 e. The molecule has 0 aliphatic heterocycles. The number of amides is 1. The van der Waals surface area contributed by atoms with Crippen LogP contribution in [0.5, 0.6) is 5.75 Å². The van der Waals surface area contributed by atoms with Gasteiger partial charge in [-0.05, 0) is 26.8 Å². The lowest BCUT2D eigenvalue weighted by Crippen LogP contribution is -2.38. The monoisotopic (exact) mass is 425 g/mol. The van der Waals surface area contributed by atoms with Gasteiger partial charge in [0, 0.05) is 24.8 Å². The number of carbonyl (C=O) groups excluding carboxylic acids is 2. The summed E-state index contributed by atoms with van der Waals surface area (Å²) in [7, 11) is 3.06. The minimum absolute atomic E-state index is 0.0331. The van der Waals surface area contributed by atoms with E-state index in [0.29, 0.717) is 16.8 Å². The molecule has 8 nitrogen and oxygen atoms in total. The van der Waals surface area contributed by atoms with E-state index in [1.807, 2.05) is 6.07 Å². The van der Waals surface area contributed by atoms with Gasteiger partial charge in [-0.15, -0.1) is 0 Å². The quantitative estimate of drug-likeness (QED) is 0.564. The number of ether oxygens (including phenoxy) is 1. The van der Waals surface area contributed by atoms with E-state index in [0.717, 1.165) is 0 Å². The predicted octanol–water partition coefficient (Wildman–Crippen LogP) is 2.04. The topological polar surface area (TPSA) is 103 Å². The maximum absolute atomic E-state index is 13.3. The summed E-state index contributed by atoms with van der Waals surface area (Å²) in [5, 5.41) is 12.8. The summed E-state index contributed by atoms with van der Waals surface area (Å²) < 4.78 is 8.43. The van der Waals surface area contributed by atoms with Crippen LogP contribution in [0.2, 0.25) is 0 Å². The second-order valence-electron chi connectivity index (χ2n) is 8.16. The van der Waals surface area contributed by atoms with E-state index in [1.54, 1.807) is 62.7 Å². The minimum atomic E-state index is -1.09. The van der Waals surface area contributed by atoms with Crippen LogP contribution in [-0.4, -0.2) is 45.2 Å². The molecule has 0 bridgehead atoms. The zero-order chi connectivity index (χ0) is 22.9. The largest absolute Gasteiger partial charge is 0.493 e. The van der Waals surface area contributed by atoms with Crippen molar-refractivity contribution in [3.63, 3.8) is 0 Å². The molecule has 0 aliphatic rings. The first-order chi connectivity index (χ1) is 14.5. The van der Waals surface area contributed by atoms with Crippen molar-refractivity contribution >= 4 is 22.6 Å². The Labute approximate surface area is 180 Å². The number of rotatable bonds is 7. The number of nitrogens with one attached hydrogen (secondary N) is 1. The molecule has 0 saturated heterocycles. The number of hydrogen-bond acceptors (Lipinski definition) is 5. The number of aliphatic hydroxyl groups is 1. The Bertz CT molecular complexity index is 1200. The lowest BCUT2D eigenvalue weighted by atomic mass is 10.1. The van der Waals surface area contributed by atoms with Gasteiger partial charge in [0.05, 0.1) is 24.8 Å². The Morgan fingerprint density at radius 2 is 1.84 bits per heavy atom. The number of methoxy groups -OCH3 is 1. The molecule has 0 spiro atoms. The van der Waals surface area contributed by atoms with Gasteiger partial charge >= 0.3 is 0 Å². The number of carbonyl (C=O) groups is 2. The molecule has 0 atom stereocenters. The summed E-state index contributed by atoms with van der Waals surface area (Å²) in [5.74, 6) is -0.526. The molecule has 31 heavy (non-hydrogen) atoms. The third-order valence-electron chi connectivity index (χ3n) is 5.12. The van der Waals surface area contributed by atoms with Crippen molar-refractivity contribution in [2.24, 2.45) is 7.05 Å². The molecule has 1 aromatic carbocycles. The highest BCUT2D eigenvalue weighted by molar-refractivity contribution is 6.04. The number of nitrogens with zero attached hydrogens (tertiary/aromatic N) is 2. The van der Waals surface area contributed by atoms with E-state index in [-0.39, 0.29) is 35.7 Å². The number of ketones is 1. The Morgan fingerprint density at radius 1 is 1.19 bits per heavy atom. The average molecular weight is 425 g/mol. The number of hydrogen-bond donors (Lipinski definition) is 2. The molecule has 164 valence electrons. The molecule has 2 heterocycles. The van der Waals surface area contributed by atoms with Gasteiger partial charge in [-0.1, -0.05) is 30.3 Å². The Morgan fingerprint density at radius 3 is 2.42 bits per heavy atom. The molecule has 3 rings (SSSR count). The SMILES string of the molecule is COc1c(C(=O)NCC(C)(C)O)n(C)c2cc(C)n(CC(=O)c3ccccc3)c(=O)c12. The van der Waals surface area contributed by atoms with Crippen molar-refractivity contribution in [2.45, 2.75) is 32.9 Å². The molecule has 2 aromatic heterocycles. The van der Waals surface area contributed by atoms with Crippen molar-refractivity contribution < 1.29 is 19.4 Å². The molecule has 8 heteroatoms. The van der Waals surface area contributed by atoms with Crippen LogP contribution in [0.4, 0.5) is 0 Å². The number of fused-ring (bicyclic) bond motifs is 1. The van der Waals surface area contributed by atoms with E-state index < -0.39 is 17.1 Å². The maximum Gasteiger partial charge on any atom is 0.271 e. The van der Waals surface area contributed by atoms with Crippen molar-refractivity contribution in [2.75, 3.05) is 13.7 Å². The first-order valence-corrected chi connectivity index (χ1v) is 9.90. The van der Waals surface area contributed by atoms with Crippen molar-refractivity contribution in [1.29, 1.82) is 0 Å². The number of pyridine rings is 1. The van der Waals surface area contributed by atoms with Crippen LogP contribution in [0.25, 0.3) is 10.9 Å². The van der Waals surface area contributed by atoms with E-state index in [1.165, 1.54) is 11.7 Å². The number of aryl methyl sites for hydroxylation is 2. The molecule has 0 aliphatic carbocycles. The zero-order valence-electron chi connectivity index (χ0n) is 18.4. The van der Waals surface area contributed by atoms with Crippen LogP contribution in [-0.2, 0) is 13.6 Å². The van der Waals surface area contributed by atoms with E-state index in [9.17, 15) is 19.5 Å². The second-order valence-corrected chi connectivity index (χ2v) is 8.16. The van der Waals surface area contributed by atoms with Gasteiger partial charge in [0.15, 0.2) is 17.2 Å². The van der Waals surface area contributed by atoms with Gasteiger partial charge in [0.1, 0.15) is 5.39 Å². The van der Waals surface area contributed by atoms with Crippen LogP contribution in [0.1, 0.15) is 40.4 Å². The van der Waals surface area contributed by atoms with Crippen LogP contribution in [0, 0.1) is 6.92 Å². The van der Waals surface area contributed by atoms with Gasteiger partial charge in [0.25, 0.3) is 11.5 Å². The molecule has 1 amide bonds. The van der Waals surface area contributed by atoms with Gasteiger partial charge in [-0.2, -0.15) is 0 Å². The first-order valence-electron chi connectivity index (χ1n) is 9.90. The van der Waals surface area contributed by atoms with Crippen molar-refractivity contribution in [3.05, 3.63) is 63.7 Å². The molecule has 0 fully saturated rings. The van der Waals surface area contributed by atoms with E-state index in [4.69, 9.17) is 4.74 Å². The summed E-state index contributed by atoms with van der Waals surface area (Å²) in [4.78, 5) is 38.9. The van der Waals surface area contributed by atoms with Gasteiger partial charge in [-0.25, -0.2) is 0 Å². The van der Waals surface area contributed by atoms with Crippen molar-refractivity contribution in [3.8, 4) is 5.75 Å². The molecule has 2 N–H and O–H groups in total. The fourth-order valence-electron chi connectivity index (χ4n) is 3.51. The summed E-state index contributed by atoms with van der Waals surface area (Å²) in [6.45, 7) is 4.82. The van der Waals surface area contributed by atoms with E-state index >= 15 is 0 Å². The van der Waals surface area contributed by atoms with Crippen LogP contribution < -0.4 is 15.6 Å². The lowest BCUT2D eigenvalue weighted by Gasteiger charge is -2.18. The highest BCUT2D eigenvalue weighted by Gasteiger charge is 2.27. The van der Waals surface area contributed by atoms with Crippen LogP contribution >= 0.6 is 0 Å². The normalized spacial score (nSPS) is 11.5. The fraction of sp³-hybridized carbons (Fsp3) is 0.348. The summed E-state index contributed by atoms with van der Waals surface area (Å²) >= 11 is 0. The first kappa shape index (κ1) is 22.3. The highest BCUT2D eigenvalue weighted by atomic mass is 16.5. The van der Waals surface area contributed by atoms with Gasteiger partial charge in [-0.3, -0.25) is 14.4 Å². The number of aromatic nitrogens is 2. The molecule has 3 aromatic rings. The Balaban J connectivity index is 2.10. The summed E-state index contributed by atoms with van der Waals surface area (Å²) in [6.07, 6.45) is 0. The Kier molecular flexibility index (Phi) is 6.03. The third kappa shape index (κ3) is 4.39. The molecular formula is C23H27N3O5. The Hall–Kier alpha value is -3.39. The number of Topliss-reactive ketones (excluding diaryl/α,β-unsaturated/α-hetero) is 1. The standard InChI is InChI=1S/C23H27N3O5/c1-14-11-16-18(22(29)26(14)12-17(27)15-9-7-6-8-10-15)20(31-5)19(25(16)4)21(28)24-13-23(2,3)30/h6-11,30H,12-13H2,1-5H3,(H,24,28). The van der Waals surface area contributed by atoms with Crippen molar-refractivity contribution in [1.82, 2.24) is 14.5 Å². The predicted molar refractivity (Wildman–Crippen MR) is 118 cm³/mol. The van der Waals surface area contributed by atoms with Crippen LogP contribution in [0.3, 0.4) is 0 Å². The maximum atomic E-state index is 13.3. The number of benzene rings is 1. The third-order valence-corrected chi connectivity index (χ3v) is 5.12. The average Bonchev–Trinajstić information content (AvgIpc) is 3.01. The molecular weight excluding hydrogens is 398 g/mol. The minimum Gasteiger partial charge on any atom is -0.493 e. The summed E-state index contributed by atoms with van der Waals surface area (Å²) in [5.41, 5.74) is 0.304. The molecule has 0 saturated carbocycles. The zero-order valence-corrected chi connectivity index (χ0v) is 18.4. The van der Waals surface area contributed by atoms with Gasteiger partial charge in [0.2, 0.25) is 0 Å². The molecule has 0 unspecified atom stereocenters. The second kappa shape index (κ2) is 8.39. The molecule has 0 radical (unpaired) electrons. The highest BCUT2D eigenvalue weighted by Crippen LogP contribution is 2.30. The fourth-order valence-corrected chi connectivity index (χ4v) is 3.51. The van der Waals surface area contributed by atoms with Crippen LogP contribution in [0.15, 0.2) is 41.2 Å². The lowest BCUT2D eigenvalue weighted by molar-refractivity contribution is 0.0689.